The Labute approximate surface area is 87.2 Å². The van der Waals surface area contributed by atoms with Gasteiger partial charge in [0.2, 0.25) is 0 Å². The second-order valence-corrected chi connectivity index (χ2v) is 3.20. The van der Waals surface area contributed by atoms with E-state index in [0.717, 1.165) is 17.2 Å². The van der Waals surface area contributed by atoms with Gasteiger partial charge in [0, 0.05) is 12.4 Å². The van der Waals surface area contributed by atoms with E-state index >= 15 is 0 Å². The third kappa shape index (κ3) is 1.71. The molecule has 0 aliphatic rings. The van der Waals surface area contributed by atoms with Crippen molar-refractivity contribution in [2.45, 2.75) is 20.4 Å². The van der Waals surface area contributed by atoms with Gasteiger partial charge >= 0.3 is 0 Å². The Kier molecular flexibility index (Phi) is 2.42. The predicted octanol–water partition coefficient (Wildman–Crippen LogP) is 0.133. The van der Waals surface area contributed by atoms with E-state index in [-0.39, 0.29) is 0 Å². The van der Waals surface area contributed by atoms with Crippen LogP contribution in [0.1, 0.15) is 17.2 Å². The molecule has 2 heterocycles. The highest BCUT2D eigenvalue weighted by molar-refractivity contribution is 5.17. The number of imidazole rings is 1. The monoisotopic (exact) mass is 204 g/mol. The summed E-state index contributed by atoms with van der Waals surface area (Å²) in [6.07, 6.45) is 3.44. The molecule has 0 amide bonds. The van der Waals surface area contributed by atoms with Gasteiger partial charge in [0.15, 0.2) is 0 Å². The Morgan fingerprint density at radius 1 is 1.27 bits per heavy atom. The minimum Gasteiger partial charge on any atom is -0.324 e. The number of nitrogens with zero attached hydrogens (tertiary/aromatic N) is 5. The van der Waals surface area contributed by atoms with Gasteiger partial charge in [0.1, 0.15) is 5.82 Å². The van der Waals surface area contributed by atoms with Crippen molar-refractivity contribution in [3.05, 3.63) is 29.6 Å². The molecule has 0 bridgehead atoms. The quantitative estimate of drug-likeness (QED) is 0.752. The molecule has 15 heavy (non-hydrogen) atoms. The molecule has 6 nitrogen and oxygen atoms in total. The van der Waals surface area contributed by atoms with E-state index in [0.29, 0.717) is 12.5 Å². The minimum atomic E-state index is 0.350. The highest BCUT2D eigenvalue weighted by Crippen LogP contribution is 2.06. The topological polar surface area (TPSA) is 82.5 Å². The van der Waals surface area contributed by atoms with Gasteiger partial charge < -0.3 is 5.73 Å². The number of hydrogen-bond donors (Lipinski definition) is 1. The second kappa shape index (κ2) is 3.74. The first-order valence-corrected chi connectivity index (χ1v) is 4.63. The van der Waals surface area contributed by atoms with Gasteiger partial charge in [-0.1, -0.05) is 0 Å². The smallest absolute Gasteiger partial charge is 0.255 e. The van der Waals surface area contributed by atoms with Crippen LogP contribution in [0.15, 0.2) is 12.4 Å². The predicted molar refractivity (Wildman–Crippen MR) is 54.3 cm³/mol. The number of nitrogens with two attached hydrogens (primary N) is 1. The fraction of sp³-hybridized carbons (Fsp3) is 0.333. The third-order valence-electron chi connectivity index (χ3n) is 2.20. The lowest BCUT2D eigenvalue weighted by molar-refractivity contribution is 0.770. The molecule has 0 spiro atoms. The molecule has 0 saturated carbocycles. The van der Waals surface area contributed by atoms with Crippen LogP contribution in [0.2, 0.25) is 0 Å². The fourth-order valence-electron chi connectivity index (χ4n) is 1.21. The zero-order chi connectivity index (χ0) is 10.8. The lowest BCUT2D eigenvalue weighted by atomic mass is 10.4. The van der Waals surface area contributed by atoms with E-state index in [1.54, 1.807) is 17.0 Å². The van der Waals surface area contributed by atoms with Crippen LogP contribution < -0.4 is 5.73 Å². The molecule has 2 rings (SSSR count). The van der Waals surface area contributed by atoms with Gasteiger partial charge in [0.25, 0.3) is 5.95 Å². The molecule has 0 saturated heterocycles. The first-order valence-electron chi connectivity index (χ1n) is 4.63. The molecule has 2 aromatic rings. The molecule has 0 aromatic carbocycles. The number of aryl methyl sites for hydroxylation is 2. The summed E-state index contributed by atoms with van der Waals surface area (Å²) in [7, 11) is 0. The maximum absolute atomic E-state index is 5.54. The molecular formula is C9H12N6. The number of hydrogen-bond acceptors (Lipinski definition) is 5. The zero-order valence-corrected chi connectivity index (χ0v) is 8.68. The van der Waals surface area contributed by atoms with Crippen LogP contribution in [-0.2, 0) is 6.54 Å². The minimum absolute atomic E-state index is 0.350. The zero-order valence-electron chi connectivity index (χ0n) is 8.68. The van der Waals surface area contributed by atoms with Crippen LogP contribution in [0, 0.1) is 13.8 Å². The first-order chi connectivity index (χ1) is 7.22. The lowest BCUT2D eigenvalue weighted by Gasteiger charge is -2.04. The summed E-state index contributed by atoms with van der Waals surface area (Å²) in [6.45, 7) is 4.12. The van der Waals surface area contributed by atoms with E-state index in [1.165, 1.54) is 0 Å². The van der Waals surface area contributed by atoms with Crippen LogP contribution in [0.3, 0.4) is 0 Å². The van der Waals surface area contributed by atoms with Crippen LogP contribution in [0.4, 0.5) is 0 Å². The molecule has 78 valence electrons. The van der Waals surface area contributed by atoms with Gasteiger partial charge in [-0.2, -0.15) is 5.10 Å². The molecule has 0 radical (unpaired) electrons. The Bertz CT molecular complexity index is 475. The fourth-order valence-corrected chi connectivity index (χ4v) is 1.21. The van der Waals surface area contributed by atoms with Crippen molar-refractivity contribution in [1.29, 1.82) is 0 Å². The summed E-state index contributed by atoms with van der Waals surface area (Å²) in [5.74, 6) is 1.23. The van der Waals surface area contributed by atoms with Gasteiger partial charge in [-0.05, 0) is 13.8 Å². The number of rotatable bonds is 2. The second-order valence-electron chi connectivity index (χ2n) is 3.20. The Morgan fingerprint density at radius 3 is 2.73 bits per heavy atom. The molecular weight excluding hydrogens is 192 g/mol. The van der Waals surface area contributed by atoms with Crippen molar-refractivity contribution < 1.29 is 0 Å². The summed E-state index contributed by atoms with van der Waals surface area (Å²) < 4.78 is 1.74. The summed E-state index contributed by atoms with van der Waals surface area (Å²) in [5.41, 5.74) is 7.23. The molecule has 2 N–H and O–H groups in total. The summed E-state index contributed by atoms with van der Waals surface area (Å²) >= 11 is 0. The van der Waals surface area contributed by atoms with Crippen molar-refractivity contribution >= 4 is 0 Å². The summed E-state index contributed by atoms with van der Waals surface area (Å²) in [4.78, 5) is 8.41. The highest BCUT2D eigenvalue weighted by atomic mass is 15.3. The average Bonchev–Trinajstić information content (AvgIpc) is 2.70. The summed E-state index contributed by atoms with van der Waals surface area (Å²) in [6, 6.07) is 0. The van der Waals surface area contributed by atoms with E-state index < -0.39 is 0 Å². The lowest BCUT2D eigenvalue weighted by Crippen LogP contribution is -2.11. The van der Waals surface area contributed by atoms with E-state index in [1.807, 2.05) is 13.8 Å². The molecule has 0 unspecified atom stereocenters. The van der Waals surface area contributed by atoms with Crippen molar-refractivity contribution in [1.82, 2.24) is 24.7 Å². The van der Waals surface area contributed by atoms with Gasteiger partial charge in [-0.25, -0.2) is 9.97 Å². The molecule has 0 fully saturated rings. The van der Waals surface area contributed by atoms with Gasteiger partial charge in [-0.15, -0.1) is 5.10 Å². The maximum atomic E-state index is 5.54. The van der Waals surface area contributed by atoms with Crippen molar-refractivity contribution in [3.63, 3.8) is 0 Å². The van der Waals surface area contributed by atoms with Crippen LogP contribution in [-0.4, -0.2) is 24.7 Å². The van der Waals surface area contributed by atoms with Crippen LogP contribution in [0.5, 0.6) is 0 Å². The van der Waals surface area contributed by atoms with Crippen LogP contribution >= 0.6 is 0 Å². The molecule has 0 aliphatic heterocycles. The first kappa shape index (κ1) is 9.72. The van der Waals surface area contributed by atoms with E-state index in [2.05, 4.69) is 20.2 Å². The highest BCUT2D eigenvalue weighted by Gasteiger charge is 2.07. The van der Waals surface area contributed by atoms with Gasteiger partial charge in [0.05, 0.1) is 17.9 Å². The Hall–Kier alpha value is -1.82. The van der Waals surface area contributed by atoms with E-state index in [9.17, 15) is 0 Å². The summed E-state index contributed by atoms with van der Waals surface area (Å²) in [5, 5.41) is 8.00. The normalized spacial score (nSPS) is 10.6. The van der Waals surface area contributed by atoms with Crippen LogP contribution in [0.25, 0.3) is 5.95 Å². The van der Waals surface area contributed by atoms with Crippen molar-refractivity contribution in [2.75, 3.05) is 0 Å². The van der Waals surface area contributed by atoms with Crippen molar-refractivity contribution in [2.24, 2.45) is 5.73 Å². The van der Waals surface area contributed by atoms with Gasteiger partial charge in [-0.3, -0.25) is 4.57 Å². The molecule has 0 aliphatic carbocycles. The standard InChI is InChI=1S/C9H12N6/c1-6-7(2)13-14-9(12-6)15-4-3-11-8(15)5-10/h3-4H,5,10H2,1-2H3. The maximum Gasteiger partial charge on any atom is 0.255 e. The van der Waals surface area contributed by atoms with Crippen molar-refractivity contribution in [3.8, 4) is 5.95 Å². The third-order valence-corrected chi connectivity index (χ3v) is 2.20. The Balaban J connectivity index is 2.50. The molecule has 2 aromatic heterocycles. The average molecular weight is 204 g/mol. The SMILES string of the molecule is Cc1nnc(-n2ccnc2CN)nc1C. The van der Waals surface area contributed by atoms with E-state index in [4.69, 9.17) is 5.73 Å². The Morgan fingerprint density at radius 2 is 2.07 bits per heavy atom. The molecule has 0 atom stereocenters. The largest absolute Gasteiger partial charge is 0.324 e. The molecule has 6 heteroatoms. The number of aromatic nitrogens is 5.